The van der Waals surface area contributed by atoms with Gasteiger partial charge in [0.2, 0.25) is 11.8 Å². The molecular weight excluding hydrogens is 420 g/mol. The van der Waals surface area contributed by atoms with Crippen LogP contribution in [0.5, 0.6) is 5.75 Å². The van der Waals surface area contributed by atoms with E-state index < -0.39 is 6.61 Å². The van der Waals surface area contributed by atoms with Crippen LogP contribution in [0.2, 0.25) is 0 Å². The van der Waals surface area contributed by atoms with Crippen LogP contribution in [0.25, 0.3) is 0 Å². The predicted octanol–water partition coefficient (Wildman–Crippen LogP) is 3.54. The highest BCUT2D eigenvalue weighted by Crippen LogP contribution is 2.24. The Morgan fingerprint density at radius 1 is 1.28 bits per heavy atom. The van der Waals surface area contributed by atoms with Crippen LogP contribution in [0.3, 0.4) is 0 Å². The summed E-state index contributed by atoms with van der Waals surface area (Å²) >= 11 is 4.51. The third-order valence-corrected chi connectivity index (χ3v) is 4.15. The van der Waals surface area contributed by atoms with Gasteiger partial charge in [-0.3, -0.25) is 9.59 Å². The first-order chi connectivity index (χ1) is 11.9. The Bertz CT molecular complexity index is 729. The maximum Gasteiger partial charge on any atom is 0.387 e. The lowest BCUT2D eigenvalue weighted by Crippen LogP contribution is -2.24. The molecule has 2 N–H and O–H groups in total. The minimum Gasteiger partial charge on any atom is -0.434 e. The van der Waals surface area contributed by atoms with Crippen LogP contribution in [0.4, 0.5) is 13.9 Å². The van der Waals surface area contributed by atoms with Gasteiger partial charge in [0.15, 0.2) is 5.13 Å². The number of carbonyl (C=O) groups excluding carboxylic acids is 2. The Morgan fingerprint density at radius 3 is 2.72 bits per heavy atom. The zero-order chi connectivity index (χ0) is 18.2. The quantitative estimate of drug-likeness (QED) is 0.666. The van der Waals surface area contributed by atoms with Gasteiger partial charge in [-0.2, -0.15) is 8.78 Å². The van der Waals surface area contributed by atoms with Crippen LogP contribution in [0.15, 0.2) is 34.2 Å². The summed E-state index contributed by atoms with van der Waals surface area (Å²) < 4.78 is 29.9. The van der Waals surface area contributed by atoms with E-state index >= 15 is 0 Å². The standard InChI is InChI=1S/C15H14BrF2N3O3S/c16-10-1-2-11(24-14(17)18)9(7-10)8-20-12(22)3-4-13(23)21-15-19-5-6-25-15/h1-2,5-7,14H,3-4,8H2,(H,20,22)(H,19,21,23). The molecule has 1 aromatic heterocycles. The summed E-state index contributed by atoms with van der Waals surface area (Å²) in [6, 6.07) is 4.53. The van der Waals surface area contributed by atoms with Gasteiger partial charge in [-0.25, -0.2) is 4.98 Å². The number of halogens is 3. The molecule has 0 atom stereocenters. The van der Waals surface area contributed by atoms with Crippen molar-refractivity contribution in [2.24, 2.45) is 0 Å². The fraction of sp³-hybridized carbons (Fsp3) is 0.267. The zero-order valence-corrected chi connectivity index (χ0v) is 15.2. The van der Waals surface area contributed by atoms with Crippen LogP contribution < -0.4 is 15.4 Å². The summed E-state index contributed by atoms with van der Waals surface area (Å²) in [6.07, 6.45) is 1.52. The first-order valence-electron chi connectivity index (χ1n) is 7.13. The van der Waals surface area contributed by atoms with Crippen LogP contribution in [0, 0.1) is 0 Å². The first-order valence-corrected chi connectivity index (χ1v) is 8.80. The van der Waals surface area contributed by atoms with E-state index in [1.807, 2.05) is 0 Å². The molecular formula is C15H14BrF2N3O3S. The summed E-state index contributed by atoms with van der Waals surface area (Å²) in [7, 11) is 0. The third kappa shape index (κ3) is 6.75. The Kier molecular flexibility index (Phi) is 7.26. The Morgan fingerprint density at radius 2 is 2.04 bits per heavy atom. The van der Waals surface area contributed by atoms with Gasteiger partial charge in [0.05, 0.1) is 0 Å². The number of carbonyl (C=O) groups is 2. The van der Waals surface area contributed by atoms with Gasteiger partial charge in [0.1, 0.15) is 5.75 Å². The topological polar surface area (TPSA) is 80.3 Å². The van der Waals surface area contributed by atoms with Crippen molar-refractivity contribution in [2.75, 3.05) is 5.32 Å². The van der Waals surface area contributed by atoms with E-state index in [9.17, 15) is 18.4 Å². The SMILES string of the molecule is O=C(CCC(=O)Nc1nccs1)NCc1cc(Br)ccc1OC(F)F. The van der Waals surface area contributed by atoms with Gasteiger partial charge in [0.25, 0.3) is 0 Å². The maximum absolute atomic E-state index is 12.4. The monoisotopic (exact) mass is 433 g/mol. The molecule has 0 radical (unpaired) electrons. The molecule has 6 nitrogen and oxygen atoms in total. The summed E-state index contributed by atoms with van der Waals surface area (Å²) in [5.41, 5.74) is 0.398. The van der Waals surface area contributed by atoms with Gasteiger partial charge in [0, 0.05) is 41.0 Å². The number of alkyl halides is 2. The molecule has 0 spiro atoms. The average molecular weight is 434 g/mol. The molecule has 2 aromatic rings. The average Bonchev–Trinajstić information content (AvgIpc) is 3.05. The normalized spacial score (nSPS) is 10.6. The van der Waals surface area contributed by atoms with E-state index in [1.54, 1.807) is 23.7 Å². The molecule has 10 heteroatoms. The smallest absolute Gasteiger partial charge is 0.387 e. The Labute approximate surface area is 154 Å². The summed E-state index contributed by atoms with van der Waals surface area (Å²) in [6.45, 7) is -2.95. The van der Waals surface area contributed by atoms with Crippen LogP contribution in [0.1, 0.15) is 18.4 Å². The van der Waals surface area contributed by atoms with Gasteiger partial charge < -0.3 is 15.4 Å². The predicted molar refractivity (Wildman–Crippen MR) is 92.6 cm³/mol. The molecule has 1 aromatic carbocycles. The number of anilines is 1. The molecule has 0 saturated heterocycles. The highest BCUT2D eigenvalue weighted by Gasteiger charge is 2.12. The van der Waals surface area contributed by atoms with Crippen molar-refractivity contribution in [2.45, 2.75) is 26.0 Å². The van der Waals surface area contributed by atoms with Crippen LogP contribution in [-0.2, 0) is 16.1 Å². The minimum atomic E-state index is -2.95. The second-order valence-corrected chi connectivity index (χ2v) is 6.60. The van der Waals surface area contributed by atoms with Crippen molar-refractivity contribution in [3.63, 3.8) is 0 Å². The highest BCUT2D eigenvalue weighted by atomic mass is 79.9. The second-order valence-electron chi connectivity index (χ2n) is 4.79. The van der Waals surface area contributed by atoms with Crippen LogP contribution in [-0.4, -0.2) is 23.4 Å². The Balaban J connectivity index is 1.81. The van der Waals surface area contributed by atoms with Gasteiger partial charge in [-0.1, -0.05) is 15.9 Å². The summed E-state index contributed by atoms with van der Waals surface area (Å²) in [5, 5.41) is 7.33. The second kappa shape index (κ2) is 9.42. The number of hydrogen-bond donors (Lipinski definition) is 2. The van der Waals surface area contributed by atoms with E-state index in [1.165, 1.54) is 17.4 Å². The number of nitrogens with zero attached hydrogens (tertiary/aromatic N) is 1. The number of ether oxygens (including phenoxy) is 1. The molecule has 0 unspecified atom stereocenters. The lowest BCUT2D eigenvalue weighted by atomic mass is 10.2. The van der Waals surface area contributed by atoms with Crippen molar-refractivity contribution in [1.82, 2.24) is 10.3 Å². The van der Waals surface area contributed by atoms with Crippen molar-refractivity contribution >= 4 is 44.2 Å². The minimum absolute atomic E-state index is 0.00836. The molecule has 1 heterocycles. The zero-order valence-electron chi connectivity index (χ0n) is 12.8. The van der Waals surface area contributed by atoms with E-state index in [0.717, 1.165) is 0 Å². The van der Waals surface area contributed by atoms with Crippen molar-refractivity contribution in [3.8, 4) is 5.75 Å². The fourth-order valence-corrected chi connectivity index (χ4v) is 2.83. The number of thiazole rings is 1. The molecule has 0 bridgehead atoms. The fourth-order valence-electron chi connectivity index (χ4n) is 1.87. The maximum atomic E-state index is 12.4. The van der Waals surface area contributed by atoms with E-state index in [-0.39, 0.29) is 37.0 Å². The molecule has 25 heavy (non-hydrogen) atoms. The summed E-state index contributed by atoms with van der Waals surface area (Å²) in [5.74, 6) is -0.716. The highest BCUT2D eigenvalue weighted by molar-refractivity contribution is 9.10. The van der Waals surface area contributed by atoms with Gasteiger partial charge in [-0.15, -0.1) is 11.3 Å². The molecule has 2 rings (SSSR count). The first kappa shape index (κ1) is 19.3. The molecule has 0 aliphatic heterocycles. The lowest BCUT2D eigenvalue weighted by Gasteiger charge is -2.12. The largest absolute Gasteiger partial charge is 0.434 e. The Hall–Kier alpha value is -2.07. The van der Waals surface area contributed by atoms with E-state index in [4.69, 9.17) is 0 Å². The van der Waals surface area contributed by atoms with Gasteiger partial charge >= 0.3 is 6.61 Å². The number of amides is 2. The number of nitrogens with one attached hydrogen (secondary N) is 2. The molecule has 0 aliphatic carbocycles. The van der Waals surface area contributed by atoms with Crippen molar-refractivity contribution in [3.05, 3.63) is 39.8 Å². The molecule has 134 valence electrons. The van der Waals surface area contributed by atoms with E-state index in [2.05, 4.69) is 36.3 Å². The van der Waals surface area contributed by atoms with E-state index in [0.29, 0.717) is 15.2 Å². The number of aromatic nitrogens is 1. The number of hydrogen-bond acceptors (Lipinski definition) is 5. The van der Waals surface area contributed by atoms with Crippen LogP contribution >= 0.6 is 27.3 Å². The summed E-state index contributed by atoms with van der Waals surface area (Å²) in [4.78, 5) is 27.4. The number of rotatable bonds is 8. The lowest BCUT2D eigenvalue weighted by molar-refractivity contribution is -0.124. The van der Waals surface area contributed by atoms with Crippen molar-refractivity contribution < 1.29 is 23.1 Å². The molecule has 0 aliphatic rings. The molecule has 0 fully saturated rings. The third-order valence-electron chi connectivity index (χ3n) is 2.97. The number of benzene rings is 1. The molecule has 2 amide bonds. The van der Waals surface area contributed by atoms with Crippen molar-refractivity contribution in [1.29, 1.82) is 0 Å². The molecule has 0 saturated carbocycles. The van der Waals surface area contributed by atoms with Gasteiger partial charge in [-0.05, 0) is 18.2 Å².